The van der Waals surface area contributed by atoms with E-state index in [0.29, 0.717) is 32.0 Å². The molecule has 1 aliphatic rings. The molecule has 0 bridgehead atoms. The number of hydrogen-bond donors (Lipinski definition) is 1. The van der Waals surface area contributed by atoms with Gasteiger partial charge in [-0.3, -0.25) is 9.69 Å². The number of hydrogen-bond acceptors (Lipinski definition) is 5. The molecular weight excluding hydrogens is 311 g/mol. The first-order chi connectivity index (χ1) is 11.5. The summed E-state index contributed by atoms with van der Waals surface area (Å²) in [6, 6.07) is 8.04. The number of halogens is 1. The third-order valence-corrected chi connectivity index (χ3v) is 4.00. The van der Waals surface area contributed by atoms with Crippen LogP contribution < -0.4 is 4.90 Å². The van der Waals surface area contributed by atoms with Gasteiger partial charge in [0.1, 0.15) is 11.6 Å². The van der Waals surface area contributed by atoms with Crippen molar-refractivity contribution in [3.05, 3.63) is 41.8 Å². The Morgan fingerprint density at radius 1 is 1.17 bits per heavy atom. The van der Waals surface area contributed by atoms with Gasteiger partial charge >= 0.3 is 5.97 Å². The molecule has 0 saturated carbocycles. The normalized spacial score (nSPS) is 15.5. The van der Waals surface area contributed by atoms with Crippen molar-refractivity contribution >= 4 is 11.8 Å². The standard InChI is InChI=1S/C17H19FN4O2/c1-12-10-15(22-8-6-21(7-9-22)11-16(23)24)20-17(19-12)13-2-4-14(18)5-3-13/h2-5,10H,6-9,11H2,1H3,(H,23,24). The number of aryl methyl sites for hydroxylation is 1. The van der Waals surface area contributed by atoms with Crippen molar-refractivity contribution in [3.63, 3.8) is 0 Å². The third kappa shape index (κ3) is 3.86. The van der Waals surface area contributed by atoms with Gasteiger partial charge in [0.25, 0.3) is 0 Å². The van der Waals surface area contributed by atoms with E-state index < -0.39 is 5.97 Å². The largest absolute Gasteiger partial charge is 0.480 e. The van der Waals surface area contributed by atoms with Gasteiger partial charge in [0.05, 0.1) is 6.54 Å². The minimum absolute atomic E-state index is 0.0669. The molecule has 0 atom stereocenters. The lowest BCUT2D eigenvalue weighted by Gasteiger charge is -2.34. The van der Waals surface area contributed by atoms with Crippen LogP contribution >= 0.6 is 0 Å². The number of aromatic nitrogens is 2. The van der Waals surface area contributed by atoms with Gasteiger partial charge in [-0.1, -0.05) is 0 Å². The molecule has 1 aromatic heterocycles. The van der Waals surface area contributed by atoms with E-state index in [4.69, 9.17) is 5.11 Å². The summed E-state index contributed by atoms with van der Waals surface area (Å²) in [6.07, 6.45) is 0. The van der Waals surface area contributed by atoms with Crippen LogP contribution in [0.2, 0.25) is 0 Å². The highest BCUT2D eigenvalue weighted by atomic mass is 19.1. The van der Waals surface area contributed by atoms with Crippen LogP contribution in [0.25, 0.3) is 11.4 Å². The van der Waals surface area contributed by atoms with Crippen molar-refractivity contribution in [2.45, 2.75) is 6.92 Å². The Labute approximate surface area is 139 Å². The number of benzene rings is 1. The average Bonchev–Trinajstić information content (AvgIpc) is 2.55. The molecule has 0 unspecified atom stereocenters. The molecule has 2 heterocycles. The first-order valence-corrected chi connectivity index (χ1v) is 7.82. The highest BCUT2D eigenvalue weighted by Gasteiger charge is 2.20. The molecular formula is C17H19FN4O2. The minimum atomic E-state index is -0.806. The summed E-state index contributed by atoms with van der Waals surface area (Å²) >= 11 is 0. The van der Waals surface area contributed by atoms with E-state index in [1.165, 1.54) is 12.1 Å². The molecule has 0 spiro atoms. The molecule has 2 aromatic rings. The van der Waals surface area contributed by atoms with Crippen LogP contribution in [-0.2, 0) is 4.79 Å². The maximum Gasteiger partial charge on any atom is 0.317 e. The molecule has 7 heteroatoms. The molecule has 1 aromatic carbocycles. The van der Waals surface area contributed by atoms with Crippen molar-refractivity contribution in [1.29, 1.82) is 0 Å². The fourth-order valence-corrected chi connectivity index (χ4v) is 2.77. The Balaban J connectivity index is 1.77. The maximum atomic E-state index is 13.1. The lowest BCUT2D eigenvalue weighted by molar-refractivity contribution is -0.138. The molecule has 126 valence electrons. The van der Waals surface area contributed by atoms with Gasteiger partial charge in [0.2, 0.25) is 0 Å². The summed E-state index contributed by atoms with van der Waals surface area (Å²) in [4.78, 5) is 23.9. The van der Waals surface area contributed by atoms with Crippen molar-refractivity contribution in [1.82, 2.24) is 14.9 Å². The van der Waals surface area contributed by atoms with E-state index in [-0.39, 0.29) is 12.4 Å². The lowest BCUT2D eigenvalue weighted by Crippen LogP contribution is -2.48. The first-order valence-electron chi connectivity index (χ1n) is 7.82. The van der Waals surface area contributed by atoms with Gasteiger partial charge in [-0.2, -0.15) is 0 Å². The molecule has 1 N–H and O–H groups in total. The Bertz CT molecular complexity index is 728. The Morgan fingerprint density at radius 2 is 1.83 bits per heavy atom. The third-order valence-electron chi connectivity index (χ3n) is 4.00. The molecule has 1 aliphatic heterocycles. The number of anilines is 1. The molecule has 6 nitrogen and oxygen atoms in total. The zero-order valence-electron chi connectivity index (χ0n) is 13.4. The number of rotatable bonds is 4. The molecule has 0 amide bonds. The van der Waals surface area contributed by atoms with E-state index in [0.717, 1.165) is 17.1 Å². The van der Waals surface area contributed by atoms with Crippen LogP contribution in [0.15, 0.2) is 30.3 Å². The Kier molecular flexibility index (Phi) is 4.71. The number of carboxylic acid groups (broad SMARTS) is 1. The Hall–Kier alpha value is -2.54. The summed E-state index contributed by atoms with van der Waals surface area (Å²) in [5, 5.41) is 8.86. The number of nitrogens with zero attached hydrogens (tertiary/aromatic N) is 4. The van der Waals surface area contributed by atoms with Crippen LogP contribution in [-0.4, -0.2) is 58.7 Å². The van der Waals surface area contributed by atoms with E-state index in [1.807, 2.05) is 17.9 Å². The second-order valence-corrected chi connectivity index (χ2v) is 5.85. The van der Waals surface area contributed by atoms with Crippen LogP contribution in [0.3, 0.4) is 0 Å². The first kappa shape index (κ1) is 16.3. The van der Waals surface area contributed by atoms with E-state index in [2.05, 4.69) is 14.9 Å². The van der Waals surface area contributed by atoms with E-state index in [9.17, 15) is 9.18 Å². The van der Waals surface area contributed by atoms with E-state index >= 15 is 0 Å². The molecule has 24 heavy (non-hydrogen) atoms. The average molecular weight is 330 g/mol. The zero-order chi connectivity index (χ0) is 17.1. The van der Waals surface area contributed by atoms with Gasteiger partial charge in [-0.25, -0.2) is 14.4 Å². The minimum Gasteiger partial charge on any atom is -0.480 e. The number of piperazine rings is 1. The molecule has 1 saturated heterocycles. The molecule has 0 aliphatic carbocycles. The molecule has 0 radical (unpaired) electrons. The van der Waals surface area contributed by atoms with Crippen LogP contribution in [0.4, 0.5) is 10.2 Å². The second-order valence-electron chi connectivity index (χ2n) is 5.85. The van der Waals surface area contributed by atoms with Crippen molar-refractivity contribution in [2.24, 2.45) is 0 Å². The number of aliphatic carboxylic acids is 1. The van der Waals surface area contributed by atoms with Gasteiger partial charge in [-0.05, 0) is 31.2 Å². The highest BCUT2D eigenvalue weighted by molar-refractivity contribution is 5.69. The SMILES string of the molecule is Cc1cc(N2CCN(CC(=O)O)CC2)nc(-c2ccc(F)cc2)n1. The van der Waals surface area contributed by atoms with Gasteiger partial charge in [0, 0.05) is 43.5 Å². The fraction of sp³-hybridized carbons (Fsp3) is 0.353. The van der Waals surface area contributed by atoms with Crippen molar-refractivity contribution in [2.75, 3.05) is 37.6 Å². The lowest BCUT2D eigenvalue weighted by atomic mass is 10.2. The van der Waals surface area contributed by atoms with Crippen LogP contribution in [0.5, 0.6) is 0 Å². The van der Waals surface area contributed by atoms with Gasteiger partial charge < -0.3 is 10.0 Å². The number of carboxylic acids is 1. The summed E-state index contributed by atoms with van der Waals surface area (Å²) in [5.41, 5.74) is 1.61. The summed E-state index contributed by atoms with van der Waals surface area (Å²) in [5.74, 6) is 0.288. The van der Waals surface area contributed by atoms with Crippen LogP contribution in [0, 0.1) is 12.7 Å². The maximum absolute atomic E-state index is 13.1. The molecule has 1 fully saturated rings. The number of carbonyl (C=O) groups is 1. The highest BCUT2D eigenvalue weighted by Crippen LogP contribution is 2.21. The van der Waals surface area contributed by atoms with Crippen LogP contribution in [0.1, 0.15) is 5.69 Å². The predicted octanol–water partition coefficient (Wildman–Crippen LogP) is 1.80. The van der Waals surface area contributed by atoms with Crippen molar-refractivity contribution < 1.29 is 14.3 Å². The summed E-state index contributed by atoms with van der Waals surface area (Å²) in [7, 11) is 0. The Morgan fingerprint density at radius 3 is 2.46 bits per heavy atom. The second kappa shape index (κ2) is 6.92. The van der Waals surface area contributed by atoms with E-state index in [1.54, 1.807) is 12.1 Å². The summed E-state index contributed by atoms with van der Waals surface area (Å²) < 4.78 is 13.1. The van der Waals surface area contributed by atoms with Gasteiger partial charge in [0.15, 0.2) is 5.82 Å². The van der Waals surface area contributed by atoms with Crippen molar-refractivity contribution in [3.8, 4) is 11.4 Å². The molecule has 3 rings (SSSR count). The smallest absolute Gasteiger partial charge is 0.317 e. The quantitative estimate of drug-likeness (QED) is 0.922. The topological polar surface area (TPSA) is 69.6 Å². The summed E-state index contributed by atoms with van der Waals surface area (Å²) in [6.45, 7) is 4.76. The monoisotopic (exact) mass is 330 g/mol. The predicted molar refractivity (Wildman–Crippen MR) is 88.5 cm³/mol. The zero-order valence-corrected chi connectivity index (χ0v) is 13.4. The fourth-order valence-electron chi connectivity index (χ4n) is 2.77. The van der Waals surface area contributed by atoms with Gasteiger partial charge in [-0.15, -0.1) is 0 Å².